The number of halogens is 1. The number of anilines is 1. The number of nitrogens with one attached hydrogen (secondary N) is 1. The average Bonchev–Trinajstić information content (AvgIpc) is 2.06. The third kappa shape index (κ3) is 1.26. The first kappa shape index (κ1) is 7.13. The van der Waals surface area contributed by atoms with Gasteiger partial charge in [0.15, 0.2) is 0 Å². The predicted molar refractivity (Wildman–Crippen MR) is 49.6 cm³/mol. The number of rotatable bonds is 0. The summed E-state index contributed by atoms with van der Waals surface area (Å²) in [6.07, 6.45) is 0. The first-order valence-electron chi connectivity index (χ1n) is 3.60. The minimum absolute atomic E-state index is 0.872. The van der Waals surface area contributed by atoms with Crippen molar-refractivity contribution in [2.75, 3.05) is 10.6 Å². The second-order valence-electron chi connectivity index (χ2n) is 2.58. The Bertz CT molecular complexity index is 262. The van der Waals surface area contributed by atoms with Gasteiger partial charge in [-0.05, 0) is 11.6 Å². The largest absolute Gasteiger partial charge is 0.295 e. The monoisotopic (exact) mass is 212 g/mol. The summed E-state index contributed by atoms with van der Waals surface area (Å²) in [5.74, 6) is 0. The van der Waals surface area contributed by atoms with Gasteiger partial charge in [0.25, 0.3) is 0 Å². The number of hydrogen-bond donors (Lipinski definition) is 1. The van der Waals surface area contributed by atoms with E-state index in [4.69, 9.17) is 0 Å². The molecule has 0 unspecified atom stereocenters. The van der Waals surface area contributed by atoms with Gasteiger partial charge in [0.2, 0.25) is 0 Å². The normalized spacial score (nSPS) is 16.3. The van der Waals surface area contributed by atoms with Gasteiger partial charge in [0.1, 0.15) is 0 Å². The standard InChI is InChI=1S/C8H9BrN2/c9-11-6-10-5-7-3-1-2-4-8(7)11/h1-4,10H,5-6H2. The smallest absolute Gasteiger partial charge is 0.0794 e. The Hall–Kier alpha value is -0.540. The Morgan fingerprint density at radius 2 is 2.18 bits per heavy atom. The van der Waals surface area contributed by atoms with Gasteiger partial charge >= 0.3 is 0 Å². The highest BCUT2D eigenvalue weighted by atomic mass is 79.9. The number of nitrogens with zero attached hydrogens (tertiary/aromatic N) is 1. The van der Waals surface area contributed by atoms with Gasteiger partial charge in [-0.25, -0.2) is 0 Å². The summed E-state index contributed by atoms with van der Waals surface area (Å²) in [6.45, 7) is 1.84. The molecule has 1 aliphatic rings. The fourth-order valence-electron chi connectivity index (χ4n) is 1.27. The molecule has 1 heterocycles. The number of fused-ring (bicyclic) bond motifs is 1. The van der Waals surface area contributed by atoms with Crippen LogP contribution in [-0.4, -0.2) is 6.67 Å². The molecule has 11 heavy (non-hydrogen) atoms. The zero-order valence-electron chi connectivity index (χ0n) is 6.05. The second kappa shape index (κ2) is 2.83. The highest BCUT2D eigenvalue weighted by Crippen LogP contribution is 2.24. The van der Waals surface area contributed by atoms with E-state index in [1.165, 1.54) is 11.3 Å². The summed E-state index contributed by atoms with van der Waals surface area (Å²) in [6, 6.07) is 8.37. The Morgan fingerprint density at radius 1 is 1.36 bits per heavy atom. The van der Waals surface area contributed by atoms with E-state index >= 15 is 0 Å². The summed E-state index contributed by atoms with van der Waals surface area (Å²) >= 11 is 3.46. The second-order valence-corrected chi connectivity index (χ2v) is 3.43. The van der Waals surface area contributed by atoms with Crippen LogP contribution in [0.1, 0.15) is 5.56 Å². The van der Waals surface area contributed by atoms with Crippen molar-refractivity contribution in [1.29, 1.82) is 0 Å². The summed E-state index contributed by atoms with van der Waals surface area (Å²) in [4.78, 5) is 0. The van der Waals surface area contributed by atoms with Crippen molar-refractivity contribution in [3.63, 3.8) is 0 Å². The van der Waals surface area contributed by atoms with Crippen molar-refractivity contribution >= 4 is 21.8 Å². The first-order chi connectivity index (χ1) is 5.38. The molecular weight excluding hydrogens is 204 g/mol. The molecule has 0 aliphatic carbocycles. The summed E-state index contributed by atoms with van der Waals surface area (Å²) in [7, 11) is 0. The average molecular weight is 213 g/mol. The van der Waals surface area contributed by atoms with Gasteiger partial charge in [-0.15, -0.1) is 0 Å². The van der Waals surface area contributed by atoms with Crippen molar-refractivity contribution in [3.05, 3.63) is 29.8 Å². The first-order valence-corrected chi connectivity index (χ1v) is 4.31. The van der Waals surface area contributed by atoms with Crippen molar-refractivity contribution < 1.29 is 0 Å². The zero-order valence-corrected chi connectivity index (χ0v) is 7.63. The molecule has 0 saturated heterocycles. The highest BCUT2D eigenvalue weighted by Gasteiger charge is 2.11. The van der Waals surface area contributed by atoms with Crippen molar-refractivity contribution in [2.45, 2.75) is 6.54 Å². The van der Waals surface area contributed by atoms with Crippen LogP contribution in [0.15, 0.2) is 24.3 Å². The van der Waals surface area contributed by atoms with Gasteiger partial charge in [0.05, 0.1) is 28.5 Å². The van der Waals surface area contributed by atoms with Gasteiger partial charge in [0, 0.05) is 6.54 Å². The maximum absolute atomic E-state index is 3.46. The molecule has 0 bridgehead atoms. The van der Waals surface area contributed by atoms with Gasteiger partial charge in [-0.2, -0.15) is 0 Å². The summed E-state index contributed by atoms with van der Waals surface area (Å²) in [5.41, 5.74) is 2.61. The predicted octanol–water partition coefficient (Wildman–Crippen LogP) is 1.86. The molecule has 2 nitrogen and oxygen atoms in total. The molecule has 0 aromatic heterocycles. The van der Waals surface area contributed by atoms with Crippen LogP contribution in [0.25, 0.3) is 0 Å². The SMILES string of the molecule is BrN1CNCc2ccccc21. The Morgan fingerprint density at radius 3 is 3.00 bits per heavy atom. The van der Waals surface area contributed by atoms with Crippen molar-refractivity contribution in [2.24, 2.45) is 0 Å². The third-order valence-electron chi connectivity index (χ3n) is 1.82. The zero-order chi connectivity index (χ0) is 7.68. The van der Waals surface area contributed by atoms with Crippen LogP contribution < -0.4 is 9.24 Å². The minimum atomic E-state index is 0.872. The number of para-hydroxylation sites is 1. The fourth-order valence-corrected chi connectivity index (χ4v) is 1.79. The molecule has 1 aromatic rings. The molecule has 0 saturated carbocycles. The molecule has 1 aromatic carbocycles. The fraction of sp³-hybridized carbons (Fsp3) is 0.250. The van der Waals surface area contributed by atoms with Crippen LogP contribution in [0.5, 0.6) is 0 Å². The van der Waals surface area contributed by atoms with E-state index in [2.05, 4.69) is 45.7 Å². The minimum Gasteiger partial charge on any atom is -0.295 e. The molecule has 0 fully saturated rings. The lowest BCUT2D eigenvalue weighted by Crippen LogP contribution is -2.32. The van der Waals surface area contributed by atoms with E-state index in [0.29, 0.717) is 0 Å². The molecule has 0 amide bonds. The van der Waals surface area contributed by atoms with Crippen molar-refractivity contribution in [1.82, 2.24) is 5.32 Å². The lowest BCUT2D eigenvalue weighted by Gasteiger charge is -2.25. The lowest BCUT2D eigenvalue weighted by molar-refractivity contribution is 0.686. The van der Waals surface area contributed by atoms with E-state index in [1.54, 1.807) is 0 Å². The maximum Gasteiger partial charge on any atom is 0.0794 e. The van der Waals surface area contributed by atoms with Crippen LogP contribution in [0.3, 0.4) is 0 Å². The highest BCUT2D eigenvalue weighted by molar-refractivity contribution is 9.10. The molecular formula is C8H9BrN2. The Labute approximate surface area is 74.5 Å². The molecule has 58 valence electrons. The quantitative estimate of drug-likeness (QED) is 0.661. The molecule has 0 spiro atoms. The maximum atomic E-state index is 3.46. The summed E-state index contributed by atoms with van der Waals surface area (Å²) < 4.78 is 2.03. The van der Waals surface area contributed by atoms with Gasteiger partial charge in [-0.3, -0.25) is 9.24 Å². The van der Waals surface area contributed by atoms with E-state index in [-0.39, 0.29) is 0 Å². The van der Waals surface area contributed by atoms with Crippen LogP contribution in [0.2, 0.25) is 0 Å². The van der Waals surface area contributed by atoms with Crippen LogP contribution in [0, 0.1) is 0 Å². The number of hydrogen-bond acceptors (Lipinski definition) is 2. The topological polar surface area (TPSA) is 15.3 Å². The van der Waals surface area contributed by atoms with E-state index in [0.717, 1.165) is 13.2 Å². The van der Waals surface area contributed by atoms with Gasteiger partial charge in [-0.1, -0.05) is 18.2 Å². The van der Waals surface area contributed by atoms with Gasteiger partial charge < -0.3 is 0 Å². The van der Waals surface area contributed by atoms with Crippen LogP contribution >= 0.6 is 16.1 Å². The van der Waals surface area contributed by atoms with E-state index in [1.807, 2.05) is 3.93 Å². The van der Waals surface area contributed by atoms with E-state index < -0.39 is 0 Å². The van der Waals surface area contributed by atoms with Crippen molar-refractivity contribution in [3.8, 4) is 0 Å². The Kier molecular flexibility index (Phi) is 1.84. The van der Waals surface area contributed by atoms with E-state index in [9.17, 15) is 0 Å². The molecule has 0 radical (unpaired) electrons. The Balaban J connectivity index is 2.44. The number of benzene rings is 1. The summed E-state index contributed by atoms with van der Waals surface area (Å²) in [5, 5.41) is 3.27. The van der Waals surface area contributed by atoms with Crippen LogP contribution in [-0.2, 0) is 6.54 Å². The van der Waals surface area contributed by atoms with Crippen LogP contribution in [0.4, 0.5) is 5.69 Å². The molecule has 3 heteroatoms. The molecule has 1 N–H and O–H groups in total. The lowest BCUT2D eigenvalue weighted by atomic mass is 10.1. The molecule has 2 rings (SSSR count). The molecule has 1 aliphatic heterocycles. The third-order valence-corrected chi connectivity index (χ3v) is 2.45. The molecule has 0 atom stereocenters.